The Morgan fingerprint density at radius 2 is 2.07 bits per heavy atom. The molecule has 0 aromatic carbocycles. The van der Waals surface area contributed by atoms with E-state index in [0.29, 0.717) is 55.4 Å². The monoisotopic (exact) mass is 409 g/mol. The Balaban J connectivity index is 1.55. The average Bonchev–Trinajstić information content (AvgIpc) is 3.37. The fourth-order valence-electron chi connectivity index (χ4n) is 3.32. The Morgan fingerprint density at radius 1 is 1.17 bits per heavy atom. The van der Waals surface area contributed by atoms with E-state index in [0.717, 1.165) is 18.4 Å². The van der Waals surface area contributed by atoms with Crippen LogP contribution in [-0.2, 0) is 13.5 Å². The Kier molecular flexibility index (Phi) is 5.87. The molecule has 1 N–H and O–H groups in total. The summed E-state index contributed by atoms with van der Waals surface area (Å²) in [5, 5.41) is 7.19. The molecule has 3 aromatic heterocycles. The van der Waals surface area contributed by atoms with E-state index in [1.165, 1.54) is 6.26 Å². The van der Waals surface area contributed by atoms with Crippen LogP contribution in [0.5, 0.6) is 5.88 Å². The number of pyridine rings is 1. The molecule has 9 nitrogen and oxygen atoms in total. The third-order valence-corrected chi connectivity index (χ3v) is 4.85. The van der Waals surface area contributed by atoms with Crippen molar-refractivity contribution < 1.29 is 18.7 Å². The molecular weight excluding hydrogens is 386 g/mol. The minimum Gasteiger partial charge on any atom is -0.478 e. The van der Waals surface area contributed by atoms with Crippen molar-refractivity contribution in [1.82, 2.24) is 25.1 Å². The highest BCUT2D eigenvalue weighted by Crippen LogP contribution is 2.23. The number of fused-ring (bicyclic) bond motifs is 6. The number of nitrogens with one attached hydrogen (secondary N) is 1. The highest BCUT2D eigenvalue weighted by Gasteiger charge is 2.18. The van der Waals surface area contributed by atoms with E-state index in [9.17, 15) is 9.59 Å². The average molecular weight is 409 g/mol. The van der Waals surface area contributed by atoms with Gasteiger partial charge >= 0.3 is 0 Å². The van der Waals surface area contributed by atoms with Crippen molar-refractivity contribution in [2.45, 2.75) is 32.1 Å². The molecule has 1 amide bonds. The molecule has 0 saturated carbocycles. The van der Waals surface area contributed by atoms with Crippen molar-refractivity contribution in [3.63, 3.8) is 0 Å². The number of oxazole rings is 1. The Hall–Kier alpha value is -3.49. The molecule has 156 valence electrons. The van der Waals surface area contributed by atoms with E-state index < -0.39 is 0 Å². The van der Waals surface area contributed by atoms with Crippen LogP contribution in [0.3, 0.4) is 0 Å². The van der Waals surface area contributed by atoms with Crippen LogP contribution >= 0.6 is 0 Å². The van der Waals surface area contributed by atoms with Gasteiger partial charge in [-0.25, -0.2) is 9.97 Å². The van der Waals surface area contributed by atoms with Crippen molar-refractivity contribution in [3.05, 3.63) is 47.7 Å². The molecule has 4 bridgehead atoms. The number of nitrogens with zero attached hydrogens (tertiary/aromatic N) is 4. The van der Waals surface area contributed by atoms with E-state index in [4.69, 9.17) is 9.15 Å². The first-order valence-electron chi connectivity index (χ1n) is 9.99. The summed E-state index contributed by atoms with van der Waals surface area (Å²) in [6, 6.07) is 3.49. The van der Waals surface area contributed by atoms with Crippen molar-refractivity contribution >= 4 is 11.7 Å². The number of rotatable bonds is 0. The van der Waals surface area contributed by atoms with Gasteiger partial charge in [-0.15, -0.1) is 0 Å². The largest absolute Gasteiger partial charge is 0.478 e. The second kappa shape index (κ2) is 8.89. The zero-order valence-electron chi connectivity index (χ0n) is 16.8. The van der Waals surface area contributed by atoms with Crippen LogP contribution in [0.1, 0.15) is 52.2 Å². The number of carbonyl (C=O) groups excluding carboxylic acids is 2. The highest BCUT2D eigenvalue weighted by molar-refractivity contribution is 5.95. The van der Waals surface area contributed by atoms with Crippen LogP contribution in [0.15, 0.2) is 35.2 Å². The van der Waals surface area contributed by atoms with Crippen LogP contribution < -0.4 is 10.1 Å². The van der Waals surface area contributed by atoms with Crippen LogP contribution in [0, 0.1) is 0 Å². The van der Waals surface area contributed by atoms with Gasteiger partial charge in [-0.3, -0.25) is 14.3 Å². The number of carbonyl (C=O) groups is 2. The number of Topliss-reactive ketones (excluding diaryl/α,β-unsaturated/α-hetero) is 1. The smallest absolute Gasteiger partial charge is 0.272 e. The first kappa shape index (κ1) is 19.8. The third-order valence-electron chi connectivity index (χ3n) is 4.85. The SMILES string of the molecule is Cn1cc2c(n1)C(=O)NCCCCOc1cc(ccn1)-c1nc(co1)C(=O)CCC2. The molecule has 30 heavy (non-hydrogen) atoms. The molecule has 0 unspecified atom stereocenters. The molecule has 9 heteroatoms. The fraction of sp³-hybridized carbons (Fsp3) is 0.381. The molecule has 1 aliphatic rings. The fourth-order valence-corrected chi connectivity index (χ4v) is 3.32. The summed E-state index contributed by atoms with van der Waals surface area (Å²) < 4.78 is 12.8. The minimum atomic E-state index is -0.203. The van der Waals surface area contributed by atoms with Gasteiger partial charge in [0.25, 0.3) is 5.91 Å². The van der Waals surface area contributed by atoms with Crippen LogP contribution in [0.2, 0.25) is 0 Å². The van der Waals surface area contributed by atoms with Crippen molar-refractivity contribution in [1.29, 1.82) is 0 Å². The maximum atomic E-state index is 12.5. The second-order valence-corrected chi connectivity index (χ2v) is 7.19. The van der Waals surface area contributed by atoms with E-state index in [1.54, 1.807) is 30.1 Å². The number of hydrogen-bond donors (Lipinski definition) is 1. The lowest BCUT2D eigenvalue weighted by molar-refractivity contribution is 0.0945. The van der Waals surface area contributed by atoms with E-state index in [-0.39, 0.29) is 17.4 Å². The van der Waals surface area contributed by atoms with Crippen LogP contribution in [0.25, 0.3) is 11.5 Å². The molecule has 0 aliphatic carbocycles. The lowest BCUT2D eigenvalue weighted by atomic mass is 10.1. The van der Waals surface area contributed by atoms with Gasteiger partial charge < -0.3 is 14.5 Å². The molecule has 4 rings (SSSR count). The maximum absolute atomic E-state index is 12.5. The van der Waals surface area contributed by atoms with Crippen molar-refractivity contribution in [2.75, 3.05) is 13.2 Å². The maximum Gasteiger partial charge on any atom is 0.272 e. The number of amides is 1. The second-order valence-electron chi connectivity index (χ2n) is 7.19. The van der Waals surface area contributed by atoms with Crippen LogP contribution in [-0.4, -0.2) is 44.6 Å². The van der Waals surface area contributed by atoms with Crippen LogP contribution in [0.4, 0.5) is 0 Å². The predicted octanol–water partition coefficient (Wildman–Crippen LogP) is 2.58. The lowest BCUT2D eigenvalue weighted by Gasteiger charge is -2.07. The third kappa shape index (κ3) is 4.56. The van der Waals surface area contributed by atoms with E-state index >= 15 is 0 Å². The Morgan fingerprint density at radius 3 is 2.97 bits per heavy atom. The van der Waals surface area contributed by atoms with Gasteiger partial charge in [0.1, 0.15) is 12.0 Å². The molecule has 4 heterocycles. The summed E-state index contributed by atoms with van der Waals surface area (Å²) in [5.41, 5.74) is 2.21. The normalized spacial score (nSPS) is 15.9. The van der Waals surface area contributed by atoms with Gasteiger partial charge in [-0.2, -0.15) is 5.10 Å². The summed E-state index contributed by atoms with van der Waals surface area (Å²) in [4.78, 5) is 33.5. The number of hydrogen-bond acceptors (Lipinski definition) is 7. The predicted molar refractivity (Wildman–Crippen MR) is 107 cm³/mol. The number of aromatic nitrogens is 4. The highest BCUT2D eigenvalue weighted by atomic mass is 16.5. The summed E-state index contributed by atoms with van der Waals surface area (Å²) in [6.45, 7) is 0.999. The van der Waals surface area contributed by atoms with E-state index in [2.05, 4.69) is 20.4 Å². The number of ether oxygens (including phenoxy) is 1. The summed E-state index contributed by atoms with van der Waals surface area (Å²) in [6.07, 6.45) is 7.80. The van der Waals surface area contributed by atoms with Crippen molar-refractivity contribution in [2.24, 2.45) is 7.05 Å². The number of aryl methyl sites for hydroxylation is 2. The molecule has 0 fully saturated rings. The van der Waals surface area contributed by atoms with Crippen molar-refractivity contribution in [3.8, 4) is 17.3 Å². The molecule has 0 atom stereocenters. The zero-order valence-corrected chi connectivity index (χ0v) is 16.8. The summed E-state index contributed by atoms with van der Waals surface area (Å²) in [5.74, 6) is 0.501. The Labute approximate surface area is 173 Å². The van der Waals surface area contributed by atoms with Gasteiger partial charge in [-0.05, 0) is 31.7 Å². The number of ketones is 1. The standard InChI is InChI=1S/C21H23N5O4/c1-26-12-15-5-4-6-17(27)16-13-30-21(24-16)14-7-9-22-18(11-14)29-10-3-2-8-23-20(28)19(15)25-26/h7,9,11-13H,2-6,8,10H2,1H3,(H,23,28). The van der Waals surface area contributed by atoms with Gasteiger partial charge in [0.2, 0.25) is 11.8 Å². The van der Waals surface area contributed by atoms with E-state index in [1.807, 2.05) is 6.20 Å². The van der Waals surface area contributed by atoms with Gasteiger partial charge in [0, 0.05) is 49.6 Å². The molecule has 3 aromatic rings. The molecule has 1 aliphatic heterocycles. The quantitative estimate of drug-likeness (QED) is 0.607. The van der Waals surface area contributed by atoms with Gasteiger partial charge in [0.05, 0.1) is 6.61 Å². The summed E-state index contributed by atoms with van der Waals surface area (Å²) in [7, 11) is 1.78. The minimum absolute atomic E-state index is 0.108. The zero-order chi connectivity index (χ0) is 20.9. The molecule has 0 spiro atoms. The summed E-state index contributed by atoms with van der Waals surface area (Å²) >= 11 is 0. The molecule has 0 saturated heterocycles. The lowest BCUT2D eigenvalue weighted by Crippen LogP contribution is -2.26. The first-order chi connectivity index (χ1) is 14.6. The first-order valence-corrected chi connectivity index (χ1v) is 9.99. The molecular formula is C21H23N5O4. The Bertz CT molecular complexity index is 1060. The topological polar surface area (TPSA) is 112 Å². The van der Waals surface area contributed by atoms with Gasteiger partial charge in [-0.1, -0.05) is 0 Å². The van der Waals surface area contributed by atoms with Gasteiger partial charge in [0.15, 0.2) is 11.5 Å². The molecule has 0 radical (unpaired) electrons.